The Morgan fingerprint density at radius 2 is 1.79 bits per heavy atom. The number of benzene rings is 1. The van der Waals surface area contributed by atoms with Crippen molar-refractivity contribution in [3.8, 4) is 0 Å². The quantitative estimate of drug-likeness (QED) is 0.484. The molecule has 150 valence electrons. The summed E-state index contributed by atoms with van der Waals surface area (Å²) in [5.74, 6) is -0.147. The lowest BCUT2D eigenvalue weighted by Crippen LogP contribution is -2.05. The van der Waals surface area contributed by atoms with Crippen molar-refractivity contribution in [3.63, 3.8) is 0 Å². The molecule has 0 amide bonds. The second-order valence-electron chi connectivity index (χ2n) is 5.95. The Labute approximate surface area is 168 Å². The van der Waals surface area contributed by atoms with Gasteiger partial charge in [-0.3, -0.25) is 4.79 Å². The normalized spacial score (nSPS) is 11.5. The summed E-state index contributed by atoms with van der Waals surface area (Å²) in [6.45, 7) is 5.98. The van der Waals surface area contributed by atoms with E-state index in [0.717, 1.165) is 5.56 Å². The Hall–Kier alpha value is -2.77. The van der Waals surface area contributed by atoms with Crippen molar-refractivity contribution in [3.05, 3.63) is 72.2 Å². The molecule has 6 nitrogen and oxygen atoms in total. The maximum absolute atomic E-state index is 13.0. The third kappa shape index (κ3) is 5.15. The highest BCUT2D eigenvalue weighted by molar-refractivity contribution is 7.83. The van der Waals surface area contributed by atoms with Gasteiger partial charge in [-0.25, -0.2) is 13.2 Å². The summed E-state index contributed by atoms with van der Waals surface area (Å²) in [5, 5.41) is 0.691. The monoisotopic (exact) mass is 401 g/mol. The average Bonchev–Trinajstić information content (AvgIpc) is 3.07. The van der Waals surface area contributed by atoms with Crippen LogP contribution in [0.15, 0.2) is 66.0 Å². The minimum absolute atomic E-state index is 0. The predicted molar refractivity (Wildman–Crippen MR) is 115 cm³/mol. The largest absolute Gasteiger partial charge is 0.412 e. The molecule has 0 saturated heterocycles. The van der Waals surface area contributed by atoms with Gasteiger partial charge in [-0.1, -0.05) is 31.5 Å². The lowest BCUT2D eigenvalue weighted by molar-refractivity contribution is 0.104. The number of ketones is 1. The zero-order valence-electron chi connectivity index (χ0n) is 16.8. The van der Waals surface area contributed by atoms with Gasteiger partial charge in [0.25, 0.3) is 0 Å². The van der Waals surface area contributed by atoms with Crippen LogP contribution in [0, 0.1) is 6.92 Å². The van der Waals surface area contributed by atoms with Gasteiger partial charge in [0.05, 0.1) is 10.5 Å². The highest BCUT2D eigenvalue weighted by atomic mass is 32.2. The molecule has 0 fully saturated rings. The minimum atomic E-state index is -1.47. The van der Waals surface area contributed by atoms with Gasteiger partial charge in [0.1, 0.15) is 0 Å². The molecule has 0 aliphatic rings. The second-order valence-corrected chi connectivity index (χ2v) is 7.31. The van der Waals surface area contributed by atoms with Crippen molar-refractivity contribution >= 4 is 27.8 Å². The molecule has 2 aromatic heterocycles. The summed E-state index contributed by atoms with van der Waals surface area (Å²) in [6, 6.07) is 11.1. The minimum Gasteiger partial charge on any atom is -0.412 e. The summed E-state index contributed by atoms with van der Waals surface area (Å²) in [6.07, 6.45) is 6.45. The van der Waals surface area contributed by atoms with Gasteiger partial charge in [-0.2, -0.15) is 0 Å². The van der Waals surface area contributed by atoms with Crippen LogP contribution >= 0.6 is 0 Å². The molecule has 0 radical (unpaired) electrons. The van der Waals surface area contributed by atoms with E-state index < -0.39 is 11.0 Å². The number of rotatable bonds is 5. The van der Waals surface area contributed by atoms with E-state index in [1.807, 2.05) is 65.2 Å². The van der Waals surface area contributed by atoms with Crippen molar-refractivity contribution in [2.24, 2.45) is 0 Å². The van der Waals surface area contributed by atoms with E-state index >= 15 is 0 Å². The van der Waals surface area contributed by atoms with E-state index in [1.165, 1.54) is 6.08 Å². The van der Waals surface area contributed by atoms with Gasteiger partial charge in [0.2, 0.25) is 0 Å². The molecule has 2 N–H and O–H groups in total. The van der Waals surface area contributed by atoms with Crippen LogP contribution in [0.4, 0.5) is 0 Å². The van der Waals surface area contributed by atoms with E-state index in [4.69, 9.17) is 0 Å². The first kappa shape index (κ1) is 23.3. The number of aromatic nitrogens is 2. The van der Waals surface area contributed by atoms with Gasteiger partial charge < -0.3 is 10.4 Å². The van der Waals surface area contributed by atoms with Gasteiger partial charge >= 0.3 is 0 Å². The van der Waals surface area contributed by atoms with E-state index in [1.54, 1.807) is 33.5 Å². The first-order chi connectivity index (χ1) is 13.0. The number of carbonyl (C=O) groups excluding carboxylic acids is 1. The maximum atomic E-state index is 13.0. The summed E-state index contributed by atoms with van der Waals surface area (Å²) < 4.78 is 14.5. The van der Waals surface area contributed by atoms with Crippen LogP contribution in [0.25, 0.3) is 11.0 Å². The van der Waals surface area contributed by atoms with Crippen LogP contribution in [-0.4, -0.2) is 43.4 Å². The van der Waals surface area contributed by atoms with E-state index in [9.17, 15) is 9.00 Å². The van der Waals surface area contributed by atoms with Gasteiger partial charge in [-0.15, -0.1) is 0 Å². The molecule has 3 rings (SSSR count). The number of nitrogens with zero attached hydrogens (tertiary/aromatic N) is 3. The molecule has 1 aromatic carbocycles. The number of hydrogen-bond donors (Lipinski definition) is 0. The number of hydrogen-bond acceptors (Lipinski definition) is 4. The molecule has 0 spiro atoms. The summed E-state index contributed by atoms with van der Waals surface area (Å²) >= 11 is 0. The number of fused-ring (bicyclic) bond motifs is 1. The smallest absolute Gasteiger partial charge is 0.189 e. The summed E-state index contributed by atoms with van der Waals surface area (Å²) in [4.78, 5) is 19.3. The molecular weight excluding hydrogens is 374 g/mol. The number of pyridine rings is 1. The van der Waals surface area contributed by atoms with Crippen LogP contribution in [0.5, 0.6) is 0 Å². The highest BCUT2D eigenvalue weighted by Crippen LogP contribution is 2.23. The molecule has 0 bridgehead atoms. The topological polar surface area (TPSA) is 86.7 Å². The van der Waals surface area contributed by atoms with Crippen LogP contribution in [0.2, 0.25) is 0 Å². The zero-order valence-corrected chi connectivity index (χ0v) is 17.7. The fourth-order valence-corrected chi connectivity index (χ4v) is 3.53. The fraction of sp³-hybridized carbons (Fsp3) is 0.238. The number of carbonyl (C=O) groups is 1. The number of aryl methyl sites for hydroxylation is 1. The Morgan fingerprint density at radius 3 is 2.39 bits per heavy atom. The van der Waals surface area contributed by atoms with Gasteiger partial charge in [-0.05, 0) is 31.2 Å². The lowest BCUT2D eigenvalue weighted by atomic mass is 10.1. The third-order valence-corrected chi connectivity index (χ3v) is 5.03. The Morgan fingerprint density at radius 1 is 1.14 bits per heavy atom. The van der Waals surface area contributed by atoms with Crippen molar-refractivity contribution in [2.75, 3.05) is 14.1 Å². The molecule has 2 heterocycles. The maximum Gasteiger partial charge on any atom is 0.189 e. The van der Waals surface area contributed by atoms with Crippen molar-refractivity contribution in [1.29, 1.82) is 0 Å². The molecule has 7 heteroatoms. The zero-order chi connectivity index (χ0) is 20.0. The van der Waals surface area contributed by atoms with E-state index in [-0.39, 0.29) is 11.3 Å². The highest BCUT2D eigenvalue weighted by Gasteiger charge is 2.18. The Bertz CT molecular complexity index is 976. The average molecular weight is 402 g/mol. The first-order valence-corrected chi connectivity index (χ1v) is 9.92. The van der Waals surface area contributed by atoms with Crippen LogP contribution in [-0.2, 0) is 11.0 Å². The SMILES string of the molecule is CC.Cc1ccc(S(=O)n2cc(C(=O)/C=C/N(C)C)c3cccnc32)cc1.O. The molecule has 28 heavy (non-hydrogen) atoms. The van der Waals surface area contributed by atoms with Crippen LogP contribution in [0.1, 0.15) is 29.8 Å². The van der Waals surface area contributed by atoms with E-state index in [2.05, 4.69) is 4.98 Å². The van der Waals surface area contributed by atoms with Crippen molar-refractivity contribution < 1.29 is 14.5 Å². The third-order valence-electron chi connectivity index (χ3n) is 3.72. The van der Waals surface area contributed by atoms with Gasteiger partial charge in [0, 0.05) is 44.2 Å². The van der Waals surface area contributed by atoms with Crippen LogP contribution < -0.4 is 0 Å². The Balaban J connectivity index is 0.00000127. The number of allylic oxidation sites excluding steroid dienone is 1. The van der Waals surface area contributed by atoms with E-state index in [0.29, 0.717) is 21.5 Å². The molecular formula is C21H27N3O3S. The van der Waals surface area contributed by atoms with Gasteiger partial charge in [0.15, 0.2) is 22.4 Å². The lowest BCUT2D eigenvalue weighted by Gasteiger charge is -2.04. The molecule has 0 aliphatic carbocycles. The fourth-order valence-electron chi connectivity index (χ4n) is 2.43. The molecule has 1 unspecified atom stereocenters. The molecule has 1 atom stereocenters. The van der Waals surface area contributed by atoms with Crippen LogP contribution in [0.3, 0.4) is 0 Å². The van der Waals surface area contributed by atoms with Crippen molar-refractivity contribution in [1.82, 2.24) is 13.9 Å². The molecule has 0 saturated carbocycles. The molecule has 0 aliphatic heterocycles. The first-order valence-electron chi connectivity index (χ1n) is 8.81. The Kier molecular flexibility index (Phi) is 8.76. The molecule has 3 aromatic rings. The predicted octanol–water partition coefficient (Wildman–Crippen LogP) is 3.38. The summed E-state index contributed by atoms with van der Waals surface area (Å²) in [7, 11) is 2.23. The standard InChI is InChI=1S/C19H19N3O2S.C2H6.H2O/c1-14-6-8-15(9-7-14)25(24)22-13-17(18(23)10-12-21(2)3)16-5-4-11-20-19(16)22;1-2;/h4-13H,1-3H3;1-2H3;1H2/b12-10+;;. The summed E-state index contributed by atoms with van der Waals surface area (Å²) in [5.41, 5.74) is 2.12. The second kappa shape index (κ2) is 10.5. The van der Waals surface area contributed by atoms with Crippen molar-refractivity contribution in [2.45, 2.75) is 25.7 Å².